The highest BCUT2D eigenvalue weighted by molar-refractivity contribution is 6.36. The van der Waals surface area contributed by atoms with E-state index in [-0.39, 0.29) is 50.9 Å². The van der Waals surface area contributed by atoms with E-state index in [9.17, 15) is 18.0 Å². The first-order valence-electron chi connectivity index (χ1n) is 10.1. The van der Waals surface area contributed by atoms with Crippen molar-refractivity contribution in [1.29, 1.82) is 5.41 Å². The van der Waals surface area contributed by atoms with E-state index in [1.54, 1.807) is 0 Å². The number of alkyl halides is 3. The first-order chi connectivity index (χ1) is 17.0. The molecule has 0 spiro atoms. The van der Waals surface area contributed by atoms with Gasteiger partial charge in [-0.25, -0.2) is 9.98 Å². The van der Waals surface area contributed by atoms with E-state index >= 15 is 0 Å². The Hall–Kier alpha value is -4.33. The average Bonchev–Trinajstić information content (AvgIpc) is 3.16. The van der Waals surface area contributed by atoms with E-state index in [0.717, 1.165) is 10.8 Å². The molecule has 36 heavy (non-hydrogen) atoms. The number of halogens is 4. The lowest BCUT2D eigenvalue weighted by Crippen LogP contribution is -2.24. The molecule has 1 aliphatic rings. The number of aromatic nitrogens is 4. The number of fused-ring (bicyclic) bond motifs is 1. The summed E-state index contributed by atoms with van der Waals surface area (Å²) < 4.78 is 52.9. The molecule has 0 amide bonds. The van der Waals surface area contributed by atoms with Gasteiger partial charge in [0.2, 0.25) is 11.8 Å². The Bertz CT molecular complexity index is 1520. The molecule has 1 aliphatic heterocycles. The van der Waals surface area contributed by atoms with Crippen molar-refractivity contribution in [2.24, 2.45) is 19.1 Å². The zero-order valence-electron chi connectivity index (χ0n) is 18.9. The highest BCUT2D eigenvalue weighted by Gasteiger charge is 2.32. The van der Waals surface area contributed by atoms with Crippen molar-refractivity contribution in [2.45, 2.75) is 6.18 Å². The van der Waals surface area contributed by atoms with E-state index in [0.29, 0.717) is 12.3 Å². The topological polar surface area (TPSA) is 131 Å². The fourth-order valence-electron chi connectivity index (χ4n) is 3.33. The largest absolute Gasteiger partial charge is 0.479 e. The number of nitrogens with zero attached hydrogens (tertiary/aromatic N) is 5. The van der Waals surface area contributed by atoms with E-state index in [1.807, 2.05) is 0 Å². The molecule has 0 unspecified atom stereocenters. The van der Waals surface area contributed by atoms with Crippen molar-refractivity contribution in [3.05, 3.63) is 63.3 Å². The van der Waals surface area contributed by atoms with E-state index in [4.69, 9.17) is 26.5 Å². The van der Waals surface area contributed by atoms with Crippen molar-refractivity contribution < 1.29 is 22.6 Å². The number of ether oxygens (including phenoxy) is 2. The fraction of sp³-hybridized carbons (Fsp3) is 0.190. The minimum absolute atomic E-state index is 0.0199. The third-order valence-corrected chi connectivity index (χ3v) is 5.43. The number of imidazole rings is 1. The molecular formula is C21H18ClF3N8O3. The van der Waals surface area contributed by atoms with Crippen molar-refractivity contribution in [3.8, 4) is 5.75 Å². The smallest absolute Gasteiger partial charge is 0.417 e. The lowest BCUT2D eigenvalue weighted by molar-refractivity contribution is -0.138. The lowest BCUT2D eigenvalue weighted by Gasteiger charge is -2.16. The number of hydrogen-bond donors (Lipinski definition) is 3. The number of hydrogen-bond acceptors (Lipinski definition) is 9. The number of pyridine rings is 2. The number of allylic oxidation sites excluding steroid dienone is 1. The van der Waals surface area contributed by atoms with Gasteiger partial charge in [0, 0.05) is 32.7 Å². The summed E-state index contributed by atoms with van der Waals surface area (Å²) in [6.45, 7) is 0. The van der Waals surface area contributed by atoms with Gasteiger partial charge in [-0.15, -0.1) is 0 Å². The van der Waals surface area contributed by atoms with Crippen LogP contribution in [-0.2, 0) is 25.0 Å². The van der Waals surface area contributed by atoms with Gasteiger partial charge in [-0.1, -0.05) is 11.6 Å². The molecule has 0 aromatic carbocycles. The van der Waals surface area contributed by atoms with Gasteiger partial charge in [0.15, 0.2) is 17.2 Å². The number of aryl methyl sites for hydroxylation is 2. The highest BCUT2D eigenvalue weighted by atomic mass is 35.5. The minimum Gasteiger partial charge on any atom is -0.479 e. The van der Waals surface area contributed by atoms with Gasteiger partial charge in [-0.2, -0.15) is 18.2 Å². The summed E-state index contributed by atoms with van der Waals surface area (Å²) in [4.78, 5) is 24.9. The third kappa shape index (κ3) is 4.49. The Morgan fingerprint density at radius 2 is 2.08 bits per heavy atom. The Balaban J connectivity index is 1.74. The van der Waals surface area contributed by atoms with Gasteiger partial charge >= 0.3 is 6.18 Å². The Labute approximate surface area is 206 Å². The standard InChI is InChI=1S/C21H18ClF3N8O3/c1-32-9-10(21(23,24)25)6-11(19(32)34)30-20-31-17-16(33(20)2)14(22)13(8-29-17)36-12(7-26)15-18(35-3)28-5-4-27-15/h4-9,26-27H,1-3H3,(H,29,30,31)/b15-12+,26-7?. The van der Waals surface area contributed by atoms with E-state index in [1.165, 1.54) is 44.4 Å². The van der Waals surface area contributed by atoms with Gasteiger partial charge < -0.3 is 34.7 Å². The molecule has 0 aliphatic carbocycles. The third-order valence-electron chi connectivity index (χ3n) is 5.06. The van der Waals surface area contributed by atoms with Crippen LogP contribution in [0.3, 0.4) is 0 Å². The zero-order valence-corrected chi connectivity index (χ0v) is 19.7. The summed E-state index contributed by atoms with van der Waals surface area (Å²) in [6, 6.07) is 0.703. The highest BCUT2D eigenvalue weighted by Crippen LogP contribution is 2.35. The first kappa shape index (κ1) is 24.8. The maximum absolute atomic E-state index is 13.2. The molecule has 0 bridgehead atoms. The number of anilines is 2. The normalized spacial score (nSPS) is 14.8. The first-order valence-corrected chi connectivity index (χ1v) is 10.4. The number of rotatable bonds is 5. The molecule has 3 aromatic rings. The minimum atomic E-state index is -4.65. The molecule has 0 atom stereocenters. The number of methoxy groups -OCH3 is 1. The molecule has 0 radical (unpaired) electrons. The summed E-state index contributed by atoms with van der Waals surface area (Å²) in [5.74, 6) is 0.282. The van der Waals surface area contributed by atoms with Crippen molar-refractivity contribution >= 4 is 46.5 Å². The monoisotopic (exact) mass is 522 g/mol. The predicted octanol–water partition coefficient (Wildman–Crippen LogP) is 3.44. The van der Waals surface area contributed by atoms with Crippen molar-refractivity contribution in [2.75, 3.05) is 12.4 Å². The SMILES string of the molecule is COC1=NC=CN/C1=C(\C=N)Oc1cnc2nc(Nc3cc(C(F)(F)F)cn(C)c3=O)n(C)c2c1Cl. The molecule has 0 saturated heterocycles. The summed E-state index contributed by atoms with van der Waals surface area (Å²) in [5.41, 5.74) is -1.34. The molecule has 4 heterocycles. The Kier molecular flexibility index (Phi) is 6.45. The van der Waals surface area contributed by atoms with E-state index < -0.39 is 17.3 Å². The number of aliphatic imine (C=N–C) groups is 1. The van der Waals surface area contributed by atoms with Crippen LogP contribution in [0.25, 0.3) is 11.2 Å². The predicted molar refractivity (Wildman–Crippen MR) is 127 cm³/mol. The van der Waals surface area contributed by atoms with Gasteiger partial charge in [0.05, 0.1) is 25.1 Å². The van der Waals surface area contributed by atoms with Crippen LogP contribution in [0.5, 0.6) is 5.75 Å². The Morgan fingerprint density at radius 3 is 2.75 bits per heavy atom. The van der Waals surface area contributed by atoms with Crippen LogP contribution >= 0.6 is 11.6 Å². The second-order valence-electron chi connectivity index (χ2n) is 7.37. The fourth-order valence-corrected chi connectivity index (χ4v) is 3.63. The molecule has 0 fully saturated rings. The average molecular weight is 523 g/mol. The maximum atomic E-state index is 13.2. The molecule has 4 rings (SSSR count). The summed E-state index contributed by atoms with van der Waals surface area (Å²) in [5, 5.41) is 13.3. The maximum Gasteiger partial charge on any atom is 0.417 e. The van der Waals surface area contributed by atoms with Crippen molar-refractivity contribution in [3.63, 3.8) is 0 Å². The molecule has 3 aromatic heterocycles. The van der Waals surface area contributed by atoms with Crippen LogP contribution in [-0.4, -0.2) is 38.3 Å². The van der Waals surface area contributed by atoms with Crippen LogP contribution in [0.4, 0.5) is 24.8 Å². The summed E-state index contributed by atoms with van der Waals surface area (Å²) in [6.07, 6.45) is 1.24. The molecule has 0 saturated carbocycles. The molecule has 11 nitrogen and oxygen atoms in total. The summed E-state index contributed by atoms with van der Waals surface area (Å²) in [7, 11) is 4.15. The quantitative estimate of drug-likeness (QED) is 0.345. The van der Waals surface area contributed by atoms with Gasteiger partial charge in [0.1, 0.15) is 21.9 Å². The lowest BCUT2D eigenvalue weighted by atomic mass is 10.2. The second kappa shape index (κ2) is 9.37. The van der Waals surface area contributed by atoms with E-state index in [2.05, 4.69) is 25.6 Å². The zero-order chi connectivity index (χ0) is 26.2. The molecular weight excluding hydrogens is 505 g/mol. The van der Waals surface area contributed by atoms with Crippen LogP contribution < -0.4 is 20.9 Å². The second-order valence-corrected chi connectivity index (χ2v) is 7.75. The van der Waals surface area contributed by atoms with Crippen LogP contribution in [0.1, 0.15) is 5.56 Å². The summed E-state index contributed by atoms with van der Waals surface area (Å²) >= 11 is 6.55. The van der Waals surface area contributed by atoms with Crippen LogP contribution in [0, 0.1) is 5.41 Å². The number of nitrogens with one attached hydrogen (secondary N) is 3. The Morgan fingerprint density at radius 1 is 1.33 bits per heavy atom. The van der Waals surface area contributed by atoms with Gasteiger partial charge in [-0.05, 0) is 6.07 Å². The molecule has 188 valence electrons. The van der Waals surface area contributed by atoms with Crippen LogP contribution in [0.15, 0.2) is 52.1 Å². The van der Waals surface area contributed by atoms with Crippen molar-refractivity contribution in [1.82, 2.24) is 24.4 Å². The molecule has 3 N–H and O–H groups in total. The van der Waals surface area contributed by atoms with Gasteiger partial charge in [-0.3, -0.25) is 4.79 Å². The molecule has 15 heteroatoms. The van der Waals surface area contributed by atoms with Gasteiger partial charge in [0.25, 0.3) is 5.56 Å². The van der Waals surface area contributed by atoms with Crippen LogP contribution in [0.2, 0.25) is 5.02 Å².